The van der Waals surface area contributed by atoms with Crippen molar-refractivity contribution in [2.75, 3.05) is 47.0 Å². The third-order valence-corrected chi connectivity index (χ3v) is 5.93. The van der Waals surface area contributed by atoms with E-state index in [0.717, 1.165) is 63.6 Å². The van der Waals surface area contributed by atoms with Crippen LogP contribution < -0.4 is 5.32 Å². The Bertz CT molecular complexity index is 645. The molecule has 0 aromatic heterocycles. The molecule has 1 aliphatic rings. The summed E-state index contributed by atoms with van der Waals surface area (Å²) in [6.45, 7) is 8.54. The first-order valence-electron chi connectivity index (χ1n) is 9.89. The number of rotatable bonds is 8. The molecule has 28 heavy (non-hydrogen) atoms. The summed E-state index contributed by atoms with van der Waals surface area (Å²) in [6, 6.07) is 5.83. The summed E-state index contributed by atoms with van der Waals surface area (Å²) in [5, 5.41) is 4.70. The quantitative estimate of drug-likeness (QED) is 0.378. The first kappa shape index (κ1) is 23.3. The first-order chi connectivity index (χ1) is 13.4. The van der Waals surface area contributed by atoms with Crippen molar-refractivity contribution in [3.05, 3.63) is 33.8 Å². The summed E-state index contributed by atoms with van der Waals surface area (Å²) in [5.41, 5.74) is 1.04. The smallest absolute Gasteiger partial charge is 0.193 e. The monoisotopic (exact) mass is 429 g/mol. The largest absolute Gasteiger partial charge is 0.385 e. The van der Waals surface area contributed by atoms with E-state index in [1.165, 1.54) is 0 Å². The molecule has 0 bridgehead atoms. The van der Waals surface area contributed by atoms with Crippen LogP contribution in [0.3, 0.4) is 0 Å². The van der Waals surface area contributed by atoms with Gasteiger partial charge in [-0.05, 0) is 37.0 Å². The zero-order chi connectivity index (χ0) is 20.6. The average Bonchev–Trinajstić information content (AvgIpc) is 2.68. The summed E-state index contributed by atoms with van der Waals surface area (Å²) in [6.07, 6.45) is 3.32. The van der Waals surface area contributed by atoms with Gasteiger partial charge in [-0.2, -0.15) is 0 Å². The van der Waals surface area contributed by atoms with E-state index < -0.39 is 0 Å². The summed E-state index contributed by atoms with van der Waals surface area (Å²) < 4.78 is 11.0. The predicted molar refractivity (Wildman–Crippen MR) is 118 cm³/mol. The minimum atomic E-state index is -0.104. The molecule has 1 N–H and O–H groups in total. The summed E-state index contributed by atoms with van der Waals surface area (Å²) in [5.74, 6) is 0.936. The number of methoxy groups -OCH3 is 1. The molecule has 1 fully saturated rings. The van der Waals surface area contributed by atoms with E-state index in [9.17, 15) is 0 Å². The molecule has 0 aliphatic carbocycles. The fourth-order valence-electron chi connectivity index (χ4n) is 3.34. The van der Waals surface area contributed by atoms with Gasteiger partial charge in [0.25, 0.3) is 0 Å². The van der Waals surface area contributed by atoms with Crippen LogP contribution in [0.4, 0.5) is 0 Å². The molecule has 1 aromatic rings. The van der Waals surface area contributed by atoms with Crippen LogP contribution in [0.25, 0.3) is 0 Å². The van der Waals surface area contributed by atoms with Crippen LogP contribution >= 0.6 is 23.2 Å². The van der Waals surface area contributed by atoms with Gasteiger partial charge in [0, 0.05) is 52.4 Å². The van der Waals surface area contributed by atoms with Gasteiger partial charge in [-0.25, -0.2) is 0 Å². The van der Waals surface area contributed by atoms with Gasteiger partial charge >= 0.3 is 0 Å². The zero-order valence-corrected chi connectivity index (χ0v) is 18.9. The highest BCUT2D eigenvalue weighted by Crippen LogP contribution is 2.29. The van der Waals surface area contributed by atoms with Crippen LogP contribution in [0.5, 0.6) is 0 Å². The Labute approximate surface area is 179 Å². The second-order valence-electron chi connectivity index (χ2n) is 7.82. The van der Waals surface area contributed by atoms with Crippen LogP contribution in [0.15, 0.2) is 23.2 Å². The number of ether oxygens (including phenoxy) is 2. The maximum absolute atomic E-state index is 6.20. The van der Waals surface area contributed by atoms with Gasteiger partial charge < -0.3 is 19.7 Å². The average molecular weight is 430 g/mol. The van der Waals surface area contributed by atoms with Crippen molar-refractivity contribution in [3.8, 4) is 0 Å². The first-order valence-corrected chi connectivity index (χ1v) is 10.6. The second kappa shape index (κ2) is 11.2. The van der Waals surface area contributed by atoms with E-state index in [1.54, 1.807) is 7.11 Å². The van der Waals surface area contributed by atoms with Crippen LogP contribution in [-0.2, 0) is 14.9 Å². The van der Waals surface area contributed by atoms with Crippen molar-refractivity contribution in [3.63, 3.8) is 0 Å². The second-order valence-corrected chi connectivity index (χ2v) is 8.63. The summed E-state index contributed by atoms with van der Waals surface area (Å²) >= 11 is 12.2. The Balaban J connectivity index is 1.83. The van der Waals surface area contributed by atoms with Gasteiger partial charge in [0.15, 0.2) is 5.96 Å². The number of nitrogens with one attached hydrogen (secondary N) is 1. The van der Waals surface area contributed by atoms with E-state index in [-0.39, 0.29) is 5.41 Å². The Morgan fingerprint density at radius 1 is 1.21 bits per heavy atom. The van der Waals surface area contributed by atoms with Crippen molar-refractivity contribution < 1.29 is 9.47 Å². The summed E-state index contributed by atoms with van der Waals surface area (Å²) in [7, 11) is 3.56. The number of benzene rings is 1. The highest BCUT2D eigenvalue weighted by atomic mass is 35.5. The Hall–Kier alpha value is -1.01. The molecule has 7 heteroatoms. The molecule has 0 saturated carbocycles. The molecule has 1 aliphatic heterocycles. The van der Waals surface area contributed by atoms with E-state index in [1.807, 2.05) is 25.2 Å². The Morgan fingerprint density at radius 3 is 2.54 bits per heavy atom. The summed E-state index contributed by atoms with van der Waals surface area (Å²) in [4.78, 5) is 6.78. The van der Waals surface area contributed by atoms with Gasteiger partial charge in [0.2, 0.25) is 0 Å². The molecule has 0 radical (unpaired) electrons. The van der Waals surface area contributed by atoms with Crippen LogP contribution in [0, 0.1) is 0 Å². The number of guanidine groups is 1. The van der Waals surface area contributed by atoms with E-state index >= 15 is 0 Å². The lowest BCUT2D eigenvalue weighted by Crippen LogP contribution is -2.49. The van der Waals surface area contributed by atoms with Gasteiger partial charge in [-0.3, -0.25) is 4.99 Å². The molecule has 1 aromatic carbocycles. The number of nitrogens with zero attached hydrogens (tertiary/aromatic N) is 2. The minimum absolute atomic E-state index is 0.104. The maximum Gasteiger partial charge on any atom is 0.193 e. The van der Waals surface area contributed by atoms with E-state index in [0.29, 0.717) is 16.1 Å². The van der Waals surface area contributed by atoms with E-state index in [4.69, 9.17) is 32.7 Å². The Kier molecular flexibility index (Phi) is 9.35. The minimum Gasteiger partial charge on any atom is -0.385 e. The highest BCUT2D eigenvalue weighted by Gasteiger charge is 2.25. The molecule has 5 nitrogen and oxygen atoms in total. The molecule has 1 heterocycles. The van der Waals surface area contributed by atoms with Gasteiger partial charge in [0.05, 0.1) is 16.1 Å². The molecule has 0 unspecified atom stereocenters. The lowest BCUT2D eigenvalue weighted by Gasteiger charge is -2.35. The van der Waals surface area contributed by atoms with Crippen molar-refractivity contribution in [2.24, 2.45) is 4.99 Å². The van der Waals surface area contributed by atoms with Gasteiger partial charge in [-0.15, -0.1) is 0 Å². The number of piperidine rings is 1. The topological polar surface area (TPSA) is 46.1 Å². The number of aliphatic imine (C=N–C) groups is 1. The standard InChI is InChI=1S/C21H33Cl2N3O2/c1-21(2,16-6-7-18(22)19(23)14-16)15-25-20(24-3)26-10-8-17(9-11-26)28-13-5-12-27-4/h6-7,14,17H,5,8-13,15H2,1-4H3,(H,24,25). The van der Waals surface area contributed by atoms with Crippen LogP contribution in [0.2, 0.25) is 10.0 Å². The van der Waals surface area contributed by atoms with Crippen LogP contribution in [-0.4, -0.2) is 64.0 Å². The number of halogens is 2. The lowest BCUT2D eigenvalue weighted by atomic mass is 9.84. The third kappa shape index (κ3) is 6.80. The molecular formula is C21H33Cl2N3O2. The molecule has 1 saturated heterocycles. The molecule has 0 amide bonds. The van der Waals surface area contributed by atoms with Crippen molar-refractivity contribution in [2.45, 2.75) is 44.6 Å². The van der Waals surface area contributed by atoms with Gasteiger partial charge in [-0.1, -0.05) is 43.1 Å². The van der Waals surface area contributed by atoms with Crippen molar-refractivity contribution in [1.82, 2.24) is 10.2 Å². The normalized spacial score (nSPS) is 16.5. The number of likely N-dealkylation sites (tertiary alicyclic amines) is 1. The fourth-order valence-corrected chi connectivity index (χ4v) is 3.64. The molecule has 2 rings (SSSR count). The number of hydrogen-bond donors (Lipinski definition) is 1. The Morgan fingerprint density at radius 2 is 1.93 bits per heavy atom. The molecule has 158 valence electrons. The van der Waals surface area contributed by atoms with Crippen LogP contribution in [0.1, 0.15) is 38.7 Å². The molecule has 0 spiro atoms. The molecule has 0 atom stereocenters. The fraction of sp³-hybridized carbons (Fsp3) is 0.667. The van der Waals surface area contributed by atoms with E-state index in [2.05, 4.69) is 29.1 Å². The van der Waals surface area contributed by atoms with Crippen molar-refractivity contribution >= 4 is 29.2 Å². The lowest BCUT2D eigenvalue weighted by molar-refractivity contribution is 0.00987. The highest BCUT2D eigenvalue weighted by molar-refractivity contribution is 6.42. The van der Waals surface area contributed by atoms with Gasteiger partial charge in [0.1, 0.15) is 0 Å². The third-order valence-electron chi connectivity index (χ3n) is 5.19. The number of hydrogen-bond acceptors (Lipinski definition) is 3. The SMILES string of the molecule is CN=C(NCC(C)(C)c1ccc(Cl)c(Cl)c1)N1CCC(OCCCOC)CC1. The predicted octanol–water partition coefficient (Wildman–Crippen LogP) is 4.36. The maximum atomic E-state index is 6.20. The molecular weight excluding hydrogens is 397 g/mol. The zero-order valence-electron chi connectivity index (χ0n) is 17.4. The van der Waals surface area contributed by atoms with Crippen molar-refractivity contribution in [1.29, 1.82) is 0 Å².